The van der Waals surface area contributed by atoms with Crippen molar-refractivity contribution in [3.05, 3.63) is 18.1 Å². The standard InChI is InChI=1S/C7H8O2S/c1-5-3-7(4-9-5)10-6(2)8/h3-4H,1-2H3. The van der Waals surface area contributed by atoms with Gasteiger partial charge in [-0.25, -0.2) is 0 Å². The third-order valence-electron chi connectivity index (χ3n) is 0.968. The predicted molar refractivity (Wildman–Crippen MR) is 40.0 cm³/mol. The summed E-state index contributed by atoms with van der Waals surface area (Å²) in [4.78, 5) is 11.4. The molecule has 0 aliphatic rings. The van der Waals surface area contributed by atoms with Gasteiger partial charge in [-0.05, 0) is 24.8 Å². The lowest BCUT2D eigenvalue weighted by Crippen LogP contribution is -1.76. The Balaban J connectivity index is 2.67. The second-order valence-corrected chi connectivity index (χ2v) is 3.24. The van der Waals surface area contributed by atoms with E-state index >= 15 is 0 Å². The van der Waals surface area contributed by atoms with Crippen molar-refractivity contribution in [2.24, 2.45) is 0 Å². The minimum Gasteiger partial charge on any atom is -0.468 e. The van der Waals surface area contributed by atoms with Crippen molar-refractivity contribution in [1.29, 1.82) is 0 Å². The minimum atomic E-state index is 0.0841. The Morgan fingerprint density at radius 1 is 1.70 bits per heavy atom. The summed E-state index contributed by atoms with van der Waals surface area (Å²) < 4.78 is 4.99. The number of aryl methyl sites for hydroxylation is 1. The summed E-state index contributed by atoms with van der Waals surface area (Å²) in [6.07, 6.45) is 1.58. The van der Waals surface area contributed by atoms with E-state index in [1.807, 2.05) is 13.0 Å². The first-order valence-electron chi connectivity index (χ1n) is 2.92. The SMILES string of the molecule is CC(=O)Sc1coc(C)c1. The summed E-state index contributed by atoms with van der Waals surface area (Å²) in [5, 5.41) is 0.0841. The first-order valence-corrected chi connectivity index (χ1v) is 3.73. The topological polar surface area (TPSA) is 30.2 Å². The first kappa shape index (κ1) is 7.41. The molecule has 2 nitrogen and oxygen atoms in total. The maximum Gasteiger partial charge on any atom is 0.190 e. The maximum absolute atomic E-state index is 10.5. The number of rotatable bonds is 1. The lowest BCUT2D eigenvalue weighted by molar-refractivity contribution is -0.109. The van der Waals surface area contributed by atoms with Crippen molar-refractivity contribution in [2.45, 2.75) is 18.7 Å². The van der Waals surface area contributed by atoms with E-state index in [4.69, 9.17) is 4.42 Å². The van der Waals surface area contributed by atoms with Gasteiger partial charge in [0.2, 0.25) is 0 Å². The Morgan fingerprint density at radius 2 is 2.40 bits per heavy atom. The molecule has 0 radical (unpaired) electrons. The molecule has 0 aliphatic heterocycles. The van der Waals surface area contributed by atoms with Crippen LogP contribution >= 0.6 is 11.8 Å². The van der Waals surface area contributed by atoms with Crippen LogP contribution in [0.2, 0.25) is 0 Å². The van der Waals surface area contributed by atoms with Crippen molar-refractivity contribution in [1.82, 2.24) is 0 Å². The number of hydrogen-bond donors (Lipinski definition) is 0. The Morgan fingerprint density at radius 3 is 2.80 bits per heavy atom. The second-order valence-electron chi connectivity index (χ2n) is 1.99. The van der Waals surface area contributed by atoms with Crippen molar-refractivity contribution >= 4 is 16.9 Å². The molecule has 10 heavy (non-hydrogen) atoms. The van der Waals surface area contributed by atoms with Crippen LogP contribution in [0.3, 0.4) is 0 Å². The maximum atomic E-state index is 10.5. The van der Waals surface area contributed by atoms with E-state index in [2.05, 4.69) is 0 Å². The van der Waals surface area contributed by atoms with Gasteiger partial charge in [0.25, 0.3) is 0 Å². The van der Waals surface area contributed by atoms with E-state index in [-0.39, 0.29) is 5.12 Å². The van der Waals surface area contributed by atoms with E-state index in [0.29, 0.717) is 0 Å². The molecule has 0 amide bonds. The molecule has 0 bridgehead atoms. The highest BCUT2D eigenvalue weighted by Crippen LogP contribution is 2.20. The summed E-state index contributed by atoms with van der Waals surface area (Å²) in [7, 11) is 0. The van der Waals surface area contributed by atoms with Crippen molar-refractivity contribution in [3.8, 4) is 0 Å². The molecule has 0 saturated carbocycles. The van der Waals surface area contributed by atoms with Crippen LogP contribution in [0.5, 0.6) is 0 Å². The van der Waals surface area contributed by atoms with Crippen LogP contribution in [0.1, 0.15) is 12.7 Å². The molecule has 0 aliphatic carbocycles. The van der Waals surface area contributed by atoms with Gasteiger partial charge in [-0.15, -0.1) is 0 Å². The highest BCUT2D eigenvalue weighted by Gasteiger charge is 2.00. The zero-order valence-corrected chi connectivity index (χ0v) is 6.70. The summed E-state index contributed by atoms with van der Waals surface area (Å²) in [5.41, 5.74) is 0. The third kappa shape index (κ3) is 1.92. The van der Waals surface area contributed by atoms with E-state index in [1.54, 1.807) is 6.26 Å². The average Bonchev–Trinajstić information content (AvgIpc) is 2.13. The summed E-state index contributed by atoms with van der Waals surface area (Å²) in [6.45, 7) is 3.39. The van der Waals surface area contributed by atoms with Gasteiger partial charge >= 0.3 is 0 Å². The fraction of sp³-hybridized carbons (Fsp3) is 0.286. The number of thioether (sulfide) groups is 1. The zero-order valence-electron chi connectivity index (χ0n) is 5.88. The van der Waals surface area contributed by atoms with Gasteiger partial charge in [0, 0.05) is 6.92 Å². The summed E-state index contributed by atoms with van der Waals surface area (Å²) in [5.74, 6) is 0.837. The van der Waals surface area contributed by atoms with Gasteiger partial charge in [0.1, 0.15) is 12.0 Å². The molecule has 0 N–H and O–H groups in total. The van der Waals surface area contributed by atoms with E-state index < -0.39 is 0 Å². The highest BCUT2D eigenvalue weighted by atomic mass is 32.2. The van der Waals surface area contributed by atoms with Crippen molar-refractivity contribution < 1.29 is 9.21 Å². The summed E-state index contributed by atoms with van der Waals surface area (Å²) >= 11 is 1.19. The molecule has 1 aromatic heterocycles. The Hall–Kier alpha value is -0.700. The molecule has 0 saturated heterocycles. The monoisotopic (exact) mass is 156 g/mol. The minimum absolute atomic E-state index is 0.0841. The van der Waals surface area contributed by atoms with Crippen LogP contribution in [0.4, 0.5) is 0 Å². The Kier molecular flexibility index (Phi) is 2.17. The molecule has 0 atom stereocenters. The Labute approximate surface area is 63.6 Å². The van der Waals surface area contributed by atoms with E-state index in [0.717, 1.165) is 10.7 Å². The molecule has 54 valence electrons. The molecular weight excluding hydrogens is 148 g/mol. The quantitative estimate of drug-likeness (QED) is 0.584. The van der Waals surface area contributed by atoms with Crippen molar-refractivity contribution in [2.75, 3.05) is 0 Å². The van der Waals surface area contributed by atoms with E-state index in [9.17, 15) is 4.79 Å². The molecule has 0 spiro atoms. The molecule has 0 fully saturated rings. The van der Waals surface area contributed by atoms with Gasteiger partial charge in [0.05, 0.1) is 4.90 Å². The molecule has 0 unspecified atom stereocenters. The smallest absolute Gasteiger partial charge is 0.190 e. The first-order chi connectivity index (χ1) is 4.68. The fourth-order valence-corrected chi connectivity index (χ4v) is 1.29. The lowest BCUT2D eigenvalue weighted by atomic mass is 10.5. The van der Waals surface area contributed by atoms with Gasteiger partial charge < -0.3 is 4.42 Å². The Bertz CT molecular complexity index is 240. The molecule has 3 heteroatoms. The van der Waals surface area contributed by atoms with Crippen LogP contribution in [-0.2, 0) is 4.79 Å². The van der Waals surface area contributed by atoms with Crippen LogP contribution in [0, 0.1) is 6.92 Å². The molecule has 0 aromatic carbocycles. The number of carbonyl (C=O) groups excluding carboxylic acids is 1. The van der Waals surface area contributed by atoms with Gasteiger partial charge in [-0.1, -0.05) is 0 Å². The number of carbonyl (C=O) groups is 1. The van der Waals surface area contributed by atoms with Gasteiger partial charge in [-0.2, -0.15) is 0 Å². The lowest BCUT2D eigenvalue weighted by Gasteiger charge is -1.84. The van der Waals surface area contributed by atoms with Crippen LogP contribution in [0.25, 0.3) is 0 Å². The third-order valence-corrected chi connectivity index (χ3v) is 1.71. The zero-order chi connectivity index (χ0) is 7.56. The summed E-state index contributed by atoms with van der Waals surface area (Å²) in [6, 6.07) is 1.84. The second kappa shape index (κ2) is 2.92. The predicted octanol–water partition coefficient (Wildman–Crippen LogP) is 2.23. The molecule has 1 rings (SSSR count). The van der Waals surface area contributed by atoms with Crippen molar-refractivity contribution in [3.63, 3.8) is 0 Å². The normalized spacial score (nSPS) is 9.80. The van der Waals surface area contributed by atoms with E-state index in [1.165, 1.54) is 18.7 Å². The molecule has 1 heterocycles. The largest absolute Gasteiger partial charge is 0.468 e. The van der Waals surface area contributed by atoms with Crippen LogP contribution in [-0.4, -0.2) is 5.12 Å². The highest BCUT2D eigenvalue weighted by molar-refractivity contribution is 8.13. The average molecular weight is 156 g/mol. The molecule has 1 aromatic rings. The van der Waals surface area contributed by atoms with Crippen LogP contribution < -0.4 is 0 Å². The number of hydrogen-bond acceptors (Lipinski definition) is 3. The van der Waals surface area contributed by atoms with Gasteiger partial charge in [0.15, 0.2) is 5.12 Å². The van der Waals surface area contributed by atoms with Crippen LogP contribution in [0.15, 0.2) is 21.6 Å². The molecular formula is C7H8O2S. The number of furan rings is 1. The van der Waals surface area contributed by atoms with Gasteiger partial charge in [-0.3, -0.25) is 4.79 Å². The fourth-order valence-electron chi connectivity index (χ4n) is 0.639.